The fraction of sp³-hybridized carbons (Fsp3) is 0.429. The lowest BCUT2D eigenvalue weighted by atomic mass is 10.1. The van der Waals surface area contributed by atoms with Gasteiger partial charge in [-0.05, 0) is 44.1 Å². The molecule has 0 aromatic heterocycles. The zero-order valence-corrected chi connectivity index (χ0v) is 12.4. The molecule has 0 unspecified atom stereocenters. The molecule has 7 heteroatoms. The second kappa shape index (κ2) is 7.85. The molecule has 1 aromatic carbocycles. The number of anilines is 1. The first-order valence-electron chi connectivity index (χ1n) is 6.97. The van der Waals surface area contributed by atoms with Crippen LogP contribution < -0.4 is 16.2 Å². The van der Waals surface area contributed by atoms with E-state index in [1.54, 1.807) is 24.3 Å². The number of hydrogen-bond acceptors (Lipinski definition) is 3. The molecule has 3 N–H and O–H groups in total. The molecular formula is C14H19ClN4O2. The highest BCUT2D eigenvalue weighted by molar-refractivity contribution is 6.30. The number of carbonyl (C=O) groups excluding carboxylic acids is 2. The van der Waals surface area contributed by atoms with Crippen molar-refractivity contribution in [2.45, 2.75) is 19.3 Å². The maximum absolute atomic E-state index is 11.7. The van der Waals surface area contributed by atoms with Gasteiger partial charge in [0.2, 0.25) is 0 Å². The van der Waals surface area contributed by atoms with Crippen molar-refractivity contribution in [1.29, 1.82) is 0 Å². The van der Waals surface area contributed by atoms with Crippen molar-refractivity contribution in [2.24, 2.45) is 0 Å². The Morgan fingerprint density at radius 2 is 1.90 bits per heavy atom. The molecule has 114 valence electrons. The summed E-state index contributed by atoms with van der Waals surface area (Å²) in [7, 11) is 0. The number of likely N-dealkylation sites (tertiary alicyclic amines) is 1. The van der Waals surface area contributed by atoms with Gasteiger partial charge in [0.15, 0.2) is 0 Å². The zero-order chi connectivity index (χ0) is 15.1. The van der Waals surface area contributed by atoms with Crippen molar-refractivity contribution in [3.8, 4) is 0 Å². The van der Waals surface area contributed by atoms with Crippen LogP contribution in [0.25, 0.3) is 0 Å². The van der Waals surface area contributed by atoms with E-state index in [9.17, 15) is 9.59 Å². The van der Waals surface area contributed by atoms with E-state index in [1.165, 1.54) is 6.42 Å². The molecule has 3 amide bonds. The Kier molecular flexibility index (Phi) is 5.83. The third kappa shape index (κ3) is 5.61. The van der Waals surface area contributed by atoms with Gasteiger partial charge in [0.05, 0.1) is 6.54 Å². The van der Waals surface area contributed by atoms with Crippen molar-refractivity contribution in [3.63, 3.8) is 0 Å². The summed E-state index contributed by atoms with van der Waals surface area (Å²) in [6, 6.07) is 6.26. The maximum atomic E-state index is 11.7. The molecule has 6 nitrogen and oxygen atoms in total. The van der Waals surface area contributed by atoms with Gasteiger partial charge in [-0.2, -0.15) is 0 Å². The number of halogens is 1. The number of hydrazine groups is 1. The number of urea groups is 1. The summed E-state index contributed by atoms with van der Waals surface area (Å²) < 4.78 is 0. The lowest BCUT2D eigenvalue weighted by Crippen LogP contribution is -2.48. The van der Waals surface area contributed by atoms with Crippen LogP contribution in [0.3, 0.4) is 0 Å². The predicted octanol–water partition coefficient (Wildman–Crippen LogP) is 1.98. The summed E-state index contributed by atoms with van der Waals surface area (Å²) >= 11 is 5.82. The first-order chi connectivity index (χ1) is 10.1. The standard InChI is InChI=1S/C14H19ClN4O2/c15-11-5-4-6-12(9-11)16-14(21)18-17-13(20)10-19-7-2-1-3-8-19/h4-6,9H,1-3,7-8,10H2,(H,17,20)(H2,16,18,21). The highest BCUT2D eigenvalue weighted by Crippen LogP contribution is 2.14. The van der Waals surface area contributed by atoms with Crippen molar-refractivity contribution < 1.29 is 9.59 Å². The van der Waals surface area contributed by atoms with Gasteiger partial charge in [-0.15, -0.1) is 0 Å². The lowest BCUT2D eigenvalue weighted by molar-refractivity contribution is -0.123. The molecule has 0 radical (unpaired) electrons. The van der Waals surface area contributed by atoms with E-state index in [2.05, 4.69) is 21.1 Å². The summed E-state index contributed by atoms with van der Waals surface area (Å²) in [6.07, 6.45) is 3.46. The van der Waals surface area contributed by atoms with Crippen LogP contribution in [0.5, 0.6) is 0 Å². The minimum atomic E-state index is -0.510. The van der Waals surface area contributed by atoms with Gasteiger partial charge < -0.3 is 5.32 Å². The summed E-state index contributed by atoms with van der Waals surface area (Å²) in [5.74, 6) is -0.224. The number of benzene rings is 1. The molecule has 1 heterocycles. The second-order valence-corrected chi connectivity index (χ2v) is 5.41. The minimum absolute atomic E-state index is 0.224. The summed E-state index contributed by atoms with van der Waals surface area (Å²) in [4.78, 5) is 25.4. The van der Waals surface area contributed by atoms with Gasteiger partial charge in [0.1, 0.15) is 0 Å². The number of amides is 3. The number of nitrogens with zero attached hydrogens (tertiary/aromatic N) is 1. The van der Waals surface area contributed by atoms with E-state index in [0.717, 1.165) is 25.9 Å². The summed E-state index contributed by atoms with van der Waals surface area (Å²) in [6.45, 7) is 2.17. The Morgan fingerprint density at radius 3 is 2.62 bits per heavy atom. The summed E-state index contributed by atoms with van der Waals surface area (Å²) in [5.41, 5.74) is 5.27. The SMILES string of the molecule is O=C(CN1CCCCC1)NNC(=O)Nc1cccc(Cl)c1. The molecule has 1 aliphatic rings. The molecule has 0 aliphatic carbocycles. The Balaban J connectivity index is 1.69. The van der Waals surface area contributed by atoms with Crippen molar-refractivity contribution >= 4 is 29.2 Å². The fourth-order valence-corrected chi connectivity index (χ4v) is 2.41. The molecule has 2 rings (SSSR count). The highest BCUT2D eigenvalue weighted by Gasteiger charge is 2.14. The number of carbonyl (C=O) groups is 2. The molecule has 1 saturated heterocycles. The van der Waals surface area contributed by atoms with Crippen LogP contribution in [-0.4, -0.2) is 36.5 Å². The largest absolute Gasteiger partial charge is 0.337 e. The van der Waals surface area contributed by atoms with E-state index in [1.807, 2.05) is 0 Å². The highest BCUT2D eigenvalue weighted by atomic mass is 35.5. The van der Waals surface area contributed by atoms with Gasteiger partial charge in [0, 0.05) is 10.7 Å². The second-order valence-electron chi connectivity index (χ2n) is 4.97. The third-order valence-electron chi connectivity index (χ3n) is 3.21. The number of nitrogens with one attached hydrogen (secondary N) is 3. The van der Waals surface area contributed by atoms with Crippen molar-refractivity contribution in [2.75, 3.05) is 25.0 Å². The average molecular weight is 311 g/mol. The van der Waals surface area contributed by atoms with Gasteiger partial charge >= 0.3 is 6.03 Å². The van der Waals surface area contributed by atoms with E-state index < -0.39 is 6.03 Å². The van der Waals surface area contributed by atoms with Crippen molar-refractivity contribution in [1.82, 2.24) is 15.8 Å². The molecule has 1 fully saturated rings. The average Bonchev–Trinajstić information content (AvgIpc) is 2.46. The third-order valence-corrected chi connectivity index (χ3v) is 3.45. The Labute approximate surface area is 128 Å². The monoisotopic (exact) mass is 310 g/mol. The number of rotatable bonds is 3. The normalized spacial score (nSPS) is 15.3. The van der Waals surface area contributed by atoms with Crippen LogP contribution in [0.15, 0.2) is 24.3 Å². The van der Waals surface area contributed by atoms with Gasteiger partial charge in [-0.3, -0.25) is 15.1 Å². The first kappa shape index (κ1) is 15.6. The van der Waals surface area contributed by atoms with Crippen LogP contribution >= 0.6 is 11.6 Å². The first-order valence-corrected chi connectivity index (χ1v) is 7.35. The lowest BCUT2D eigenvalue weighted by Gasteiger charge is -2.25. The quantitative estimate of drug-likeness (QED) is 0.747. The van der Waals surface area contributed by atoms with Crippen LogP contribution in [-0.2, 0) is 4.79 Å². The molecule has 0 spiro atoms. The molecule has 0 bridgehead atoms. The van der Waals surface area contributed by atoms with E-state index >= 15 is 0 Å². The Bertz CT molecular complexity index is 504. The van der Waals surface area contributed by atoms with Crippen LogP contribution in [0.4, 0.5) is 10.5 Å². The van der Waals surface area contributed by atoms with Crippen LogP contribution in [0.1, 0.15) is 19.3 Å². The van der Waals surface area contributed by atoms with E-state index in [0.29, 0.717) is 17.3 Å². The fourth-order valence-electron chi connectivity index (χ4n) is 2.22. The minimum Gasteiger partial charge on any atom is -0.307 e. The van der Waals surface area contributed by atoms with E-state index in [4.69, 9.17) is 11.6 Å². The number of hydrogen-bond donors (Lipinski definition) is 3. The molecule has 0 atom stereocenters. The van der Waals surface area contributed by atoms with E-state index in [-0.39, 0.29) is 5.91 Å². The van der Waals surface area contributed by atoms with Gasteiger partial charge in [-0.1, -0.05) is 24.1 Å². The number of piperidine rings is 1. The summed E-state index contributed by atoms with van der Waals surface area (Å²) in [5, 5.41) is 3.11. The maximum Gasteiger partial charge on any atom is 0.337 e. The van der Waals surface area contributed by atoms with Gasteiger partial charge in [-0.25, -0.2) is 10.2 Å². The van der Waals surface area contributed by atoms with Crippen molar-refractivity contribution in [3.05, 3.63) is 29.3 Å². The molecule has 0 saturated carbocycles. The molecule has 1 aliphatic heterocycles. The zero-order valence-electron chi connectivity index (χ0n) is 11.7. The van der Waals surface area contributed by atoms with Gasteiger partial charge in [0.25, 0.3) is 5.91 Å². The molecular weight excluding hydrogens is 292 g/mol. The Morgan fingerprint density at radius 1 is 1.14 bits per heavy atom. The predicted molar refractivity (Wildman–Crippen MR) is 82.0 cm³/mol. The van der Waals surface area contributed by atoms with Crippen LogP contribution in [0.2, 0.25) is 5.02 Å². The smallest absolute Gasteiger partial charge is 0.307 e. The van der Waals surface area contributed by atoms with Crippen LogP contribution in [0, 0.1) is 0 Å². The topological polar surface area (TPSA) is 73.5 Å². The molecule has 1 aromatic rings. The molecule has 21 heavy (non-hydrogen) atoms. The Hall–Kier alpha value is -1.79.